The average molecular weight is 410 g/mol. The van der Waals surface area contributed by atoms with Crippen molar-refractivity contribution in [2.45, 2.75) is 27.3 Å². The molecule has 3 aromatic rings. The Bertz CT molecular complexity index is 1040. The number of aryl methyl sites for hydroxylation is 2. The molecule has 0 bridgehead atoms. The second-order valence-electron chi connectivity index (χ2n) is 6.62. The number of nitrogens with zero attached hydrogens (tertiary/aromatic N) is 2. The van der Waals surface area contributed by atoms with E-state index in [1.165, 1.54) is 6.08 Å². The summed E-state index contributed by atoms with van der Waals surface area (Å²) < 4.78 is 7.07. The van der Waals surface area contributed by atoms with Gasteiger partial charge in [0.2, 0.25) is 0 Å². The fourth-order valence-electron chi connectivity index (χ4n) is 2.97. The van der Waals surface area contributed by atoms with Crippen LogP contribution in [0.15, 0.2) is 48.0 Å². The van der Waals surface area contributed by atoms with Gasteiger partial charge in [0.15, 0.2) is 11.7 Å². The van der Waals surface area contributed by atoms with Crippen LogP contribution in [0.25, 0.3) is 11.2 Å². The van der Waals surface area contributed by atoms with Gasteiger partial charge in [0.05, 0.1) is 0 Å². The zero-order valence-corrected chi connectivity index (χ0v) is 17.5. The maximum Gasteiger partial charge on any atom is 0.331 e. The number of carbonyl (C=O) groups excluding carboxylic acids is 2. The maximum atomic E-state index is 12.0. The summed E-state index contributed by atoms with van der Waals surface area (Å²) in [5.74, 6) is -0.896. The van der Waals surface area contributed by atoms with Crippen LogP contribution in [-0.4, -0.2) is 28.0 Å². The molecule has 0 aliphatic carbocycles. The molecule has 0 unspecified atom stereocenters. The highest BCUT2D eigenvalue weighted by molar-refractivity contribution is 7.12. The van der Waals surface area contributed by atoms with Gasteiger partial charge >= 0.3 is 5.97 Å². The fourth-order valence-corrected chi connectivity index (χ4v) is 3.72. The van der Waals surface area contributed by atoms with Crippen molar-refractivity contribution < 1.29 is 14.3 Å². The standard InChI is InChI=1S/C22H23N3O3S/c1-15-6-4-5-7-19(15)13-24-20(26)14-28-21(27)9-8-18-12-16(2)25(17(18)3)22-23-10-11-29-22/h4-12H,13-14H2,1-3H3,(H,24,26)/b9-8+. The molecule has 0 saturated carbocycles. The molecule has 1 N–H and O–H groups in total. The van der Waals surface area contributed by atoms with Crippen molar-refractivity contribution in [3.8, 4) is 5.13 Å². The highest BCUT2D eigenvalue weighted by Gasteiger charge is 2.11. The van der Waals surface area contributed by atoms with Crippen LogP contribution in [-0.2, 0) is 20.9 Å². The molecule has 0 saturated heterocycles. The molecule has 0 fully saturated rings. The quantitative estimate of drug-likeness (QED) is 0.477. The minimum absolute atomic E-state index is 0.312. The molecule has 1 aromatic carbocycles. The van der Waals surface area contributed by atoms with Crippen LogP contribution < -0.4 is 5.32 Å². The zero-order valence-electron chi connectivity index (χ0n) is 16.6. The topological polar surface area (TPSA) is 73.2 Å². The van der Waals surface area contributed by atoms with E-state index in [1.54, 1.807) is 23.6 Å². The number of rotatable bonds is 7. The van der Waals surface area contributed by atoms with Gasteiger partial charge in [-0.15, -0.1) is 11.3 Å². The molecule has 0 aliphatic heterocycles. The van der Waals surface area contributed by atoms with E-state index in [2.05, 4.69) is 10.3 Å². The Kier molecular flexibility index (Phi) is 6.61. The summed E-state index contributed by atoms with van der Waals surface area (Å²) in [7, 11) is 0. The van der Waals surface area contributed by atoms with Crippen molar-refractivity contribution in [2.24, 2.45) is 0 Å². The normalized spacial score (nSPS) is 11.0. The largest absolute Gasteiger partial charge is 0.452 e. The SMILES string of the molecule is Cc1ccccc1CNC(=O)COC(=O)/C=C/c1cc(C)n(-c2nccs2)c1C. The number of nitrogens with one attached hydrogen (secondary N) is 1. The zero-order chi connectivity index (χ0) is 20.8. The predicted molar refractivity (Wildman–Crippen MR) is 114 cm³/mol. The smallest absolute Gasteiger partial charge is 0.331 e. The molecule has 6 nitrogen and oxygen atoms in total. The molecule has 0 atom stereocenters. The highest BCUT2D eigenvalue weighted by atomic mass is 32.1. The van der Waals surface area contributed by atoms with Gasteiger partial charge in [-0.3, -0.25) is 9.36 Å². The summed E-state index contributed by atoms with van der Waals surface area (Å²) >= 11 is 1.55. The van der Waals surface area contributed by atoms with Gasteiger partial charge in [-0.2, -0.15) is 0 Å². The van der Waals surface area contributed by atoms with Crippen molar-refractivity contribution >= 4 is 29.3 Å². The van der Waals surface area contributed by atoms with E-state index in [1.807, 2.05) is 61.1 Å². The lowest BCUT2D eigenvalue weighted by Gasteiger charge is -2.07. The van der Waals surface area contributed by atoms with Crippen LogP contribution in [0.3, 0.4) is 0 Å². The van der Waals surface area contributed by atoms with Gasteiger partial charge in [-0.05, 0) is 49.6 Å². The van der Waals surface area contributed by atoms with Gasteiger partial charge in [-0.25, -0.2) is 9.78 Å². The van der Waals surface area contributed by atoms with Crippen molar-refractivity contribution in [2.75, 3.05) is 6.61 Å². The van der Waals surface area contributed by atoms with E-state index in [0.29, 0.717) is 6.54 Å². The summed E-state index contributed by atoms with van der Waals surface area (Å²) in [6, 6.07) is 9.79. The molecule has 150 valence electrons. The Morgan fingerprint density at radius 1 is 1.24 bits per heavy atom. The number of benzene rings is 1. The van der Waals surface area contributed by atoms with Crippen molar-refractivity contribution in [3.05, 3.63) is 76.1 Å². The molecule has 29 heavy (non-hydrogen) atoms. The first-order valence-corrected chi connectivity index (χ1v) is 10.1. The van der Waals surface area contributed by atoms with Gasteiger partial charge in [0.1, 0.15) is 0 Å². The molecular formula is C22H23N3O3S. The summed E-state index contributed by atoms with van der Waals surface area (Å²) in [5.41, 5.74) is 5.04. The molecule has 1 amide bonds. The molecule has 3 rings (SSSR count). The molecule has 0 aliphatic rings. The van der Waals surface area contributed by atoms with E-state index in [0.717, 1.165) is 33.2 Å². The lowest BCUT2D eigenvalue weighted by molar-refractivity contribution is -0.143. The van der Waals surface area contributed by atoms with Crippen molar-refractivity contribution in [1.29, 1.82) is 0 Å². The number of amides is 1. The number of esters is 1. The van der Waals surface area contributed by atoms with E-state index in [4.69, 9.17) is 4.74 Å². The van der Waals surface area contributed by atoms with Gasteiger partial charge < -0.3 is 10.1 Å². The van der Waals surface area contributed by atoms with Crippen LogP contribution in [0, 0.1) is 20.8 Å². The second kappa shape index (κ2) is 9.34. The summed E-state index contributed by atoms with van der Waals surface area (Å²) in [6.07, 6.45) is 4.79. The summed E-state index contributed by atoms with van der Waals surface area (Å²) in [5, 5.41) is 5.56. The second-order valence-corrected chi connectivity index (χ2v) is 7.49. The Morgan fingerprint density at radius 3 is 2.76 bits per heavy atom. The third-order valence-corrected chi connectivity index (χ3v) is 5.32. The first-order chi connectivity index (χ1) is 14.0. The molecular weight excluding hydrogens is 386 g/mol. The van der Waals surface area contributed by atoms with Crippen molar-refractivity contribution in [3.63, 3.8) is 0 Å². The number of hydrogen-bond acceptors (Lipinski definition) is 5. The van der Waals surface area contributed by atoms with Crippen LogP contribution in [0.1, 0.15) is 28.1 Å². The first kappa shape index (κ1) is 20.5. The molecule has 0 radical (unpaired) electrons. The number of carbonyl (C=O) groups is 2. The van der Waals surface area contributed by atoms with E-state index < -0.39 is 5.97 Å². The third kappa shape index (κ3) is 5.20. The lowest BCUT2D eigenvalue weighted by atomic mass is 10.1. The van der Waals surface area contributed by atoms with Crippen LogP contribution in [0.4, 0.5) is 0 Å². The van der Waals surface area contributed by atoms with E-state index >= 15 is 0 Å². The summed E-state index contributed by atoms with van der Waals surface area (Å²) in [4.78, 5) is 28.2. The maximum absolute atomic E-state index is 12.0. The van der Waals surface area contributed by atoms with Gasteiger partial charge in [0.25, 0.3) is 5.91 Å². The highest BCUT2D eigenvalue weighted by Crippen LogP contribution is 2.23. The van der Waals surface area contributed by atoms with Crippen LogP contribution in [0.5, 0.6) is 0 Å². The number of hydrogen-bond donors (Lipinski definition) is 1. The predicted octanol–water partition coefficient (Wildman–Crippen LogP) is 3.73. The first-order valence-electron chi connectivity index (χ1n) is 9.20. The van der Waals surface area contributed by atoms with Crippen molar-refractivity contribution in [1.82, 2.24) is 14.9 Å². The Hall–Kier alpha value is -3.19. The number of thiazole rings is 1. The minimum atomic E-state index is -0.560. The molecule has 0 spiro atoms. The third-order valence-electron chi connectivity index (χ3n) is 4.56. The van der Waals surface area contributed by atoms with Crippen LogP contribution in [0.2, 0.25) is 0 Å². The Balaban J connectivity index is 1.52. The van der Waals surface area contributed by atoms with Crippen LogP contribution >= 0.6 is 11.3 Å². The van der Waals surface area contributed by atoms with E-state index in [-0.39, 0.29) is 12.5 Å². The monoisotopic (exact) mass is 409 g/mol. The number of ether oxygens (including phenoxy) is 1. The Labute approximate surface area is 173 Å². The molecule has 7 heteroatoms. The molecule has 2 aromatic heterocycles. The molecule has 2 heterocycles. The minimum Gasteiger partial charge on any atom is -0.452 e. The fraction of sp³-hybridized carbons (Fsp3) is 0.227. The van der Waals surface area contributed by atoms with Gasteiger partial charge in [-0.1, -0.05) is 24.3 Å². The average Bonchev–Trinajstić information content (AvgIpc) is 3.31. The Morgan fingerprint density at radius 2 is 2.03 bits per heavy atom. The van der Waals surface area contributed by atoms with E-state index in [9.17, 15) is 9.59 Å². The summed E-state index contributed by atoms with van der Waals surface area (Å²) in [6.45, 7) is 6.04. The number of aromatic nitrogens is 2. The lowest BCUT2D eigenvalue weighted by Crippen LogP contribution is -2.28. The van der Waals surface area contributed by atoms with Gasteiger partial charge in [0, 0.05) is 35.6 Å².